The van der Waals surface area contributed by atoms with E-state index in [2.05, 4.69) is 18.3 Å². The molecule has 114 valence electrons. The molecule has 0 atom stereocenters. The first-order valence-electron chi connectivity index (χ1n) is 7.55. The maximum Gasteiger partial charge on any atom is 0.136 e. The average molecular weight is 288 g/mol. The van der Waals surface area contributed by atoms with E-state index in [0.717, 1.165) is 37.2 Å². The third-order valence-corrected chi connectivity index (χ3v) is 4.59. The van der Waals surface area contributed by atoms with Crippen LogP contribution in [-0.2, 0) is 6.54 Å². The van der Waals surface area contributed by atoms with Crippen molar-refractivity contribution in [2.75, 3.05) is 13.7 Å². The number of ether oxygens (including phenoxy) is 1. The van der Waals surface area contributed by atoms with Gasteiger partial charge in [-0.25, -0.2) is 0 Å². The molecule has 2 rings (SSSR count). The number of methoxy groups -OCH3 is 1. The lowest BCUT2D eigenvalue weighted by Gasteiger charge is -2.39. The van der Waals surface area contributed by atoms with E-state index in [-0.39, 0.29) is 12.1 Å². The summed E-state index contributed by atoms with van der Waals surface area (Å²) in [5, 5.41) is 22.4. The van der Waals surface area contributed by atoms with Gasteiger partial charge in [0.25, 0.3) is 0 Å². The summed E-state index contributed by atoms with van der Waals surface area (Å²) >= 11 is 0. The molecule has 0 unspecified atom stereocenters. The summed E-state index contributed by atoms with van der Waals surface area (Å²) in [6.45, 7) is 3.10. The van der Waals surface area contributed by atoms with Crippen molar-refractivity contribution in [3.05, 3.63) is 29.3 Å². The van der Waals surface area contributed by atoms with E-state index in [0.29, 0.717) is 17.9 Å². The Bertz CT molecular complexity index is 514. The first kappa shape index (κ1) is 15.8. The van der Waals surface area contributed by atoms with Crippen LogP contribution in [0.15, 0.2) is 18.2 Å². The van der Waals surface area contributed by atoms with E-state index in [1.165, 1.54) is 0 Å². The Labute approximate surface area is 126 Å². The predicted octanol–water partition coefficient (Wildman–Crippen LogP) is 2.60. The molecule has 0 heterocycles. The number of aliphatic hydroxyl groups is 1. The average Bonchev–Trinajstić information content (AvgIpc) is 2.54. The Morgan fingerprint density at radius 1 is 1.43 bits per heavy atom. The second-order valence-electron chi connectivity index (χ2n) is 6.12. The molecular formula is C17H24N2O2. The Balaban J connectivity index is 2.03. The zero-order chi connectivity index (χ0) is 15.3. The van der Waals surface area contributed by atoms with E-state index in [1.54, 1.807) is 7.11 Å². The fourth-order valence-electron chi connectivity index (χ4n) is 2.95. The maximum atomic E-state index is 9.75. The fraction of sp³-hybridized carbons (Fsp3) is 0.588. The lowest BCUT2D eigenvalue weighted by Crippen LogP contribution is -2.50. The van der Waals surface area contributed by atoms with Gasteiger partial charge in [-0.3, -0.25) is 0 Å². The van der Waals surface area contributed by atoms with Crippen molar-refractivity contribution in [3.63, 3.8) is 0 Å². The summed E-state index contributed by atoms with van der Waals surface area (Å²) in [7, 11) is 1.57. The first-order chi connectivity index (χ1) is 10.1. The standard InChI is InChI=1S/C17H24N2O2/c1-13-5-7-17(12-20,8-6-13)19-11-14-3-4-16(21-2)15(9-14)10-18/h3-4,9,13,19-20H,5-8,11-12H2,1-2H3. The highest BCUT2D eigenvalue weighted by Gasteiger charge is 2.32. The predicted molar refractivity (Wildman–Crippen MR) is 82.0 cm³/mol. The summed E-state index contributed by atoms with van der Waals surface area (Å²) in [4.78, 5) is 0. The summed E-state index contributed by atoms with van der Waals surface area (Å²) in [6, 6.07) is 7.79. The molecule has 4 nitrogen and oxygen atoms in total. The van der Waals surface area contributed by atoms with Crippen molar-refractivity contribution in [3.8, 4) is 11.8 Å². The van der Waals surface area contributed by atoms with Crippen LogP contribution in [0, 0.1) is 17.2 Å². The molecule has 1 aliphatic rings. The number of benzene rings is 1. The lowest BCUT2D eigenvalue weighted by atomic mass is 9.77. The fourth-order valence-corrected chi connectivity index (χ4v) is 2.95. The van der Waals surface area contributed by atoms with E-state index >= 15 is 0 Å². The molecule has 0 amide bonds. The molecule has 0 bridgehead atoms. The van der Waals surface area contributed by atoms with Crippen LogP contribution in [0.5, 0.6) is 5.75 Å². The smallest absolute Gasteiger partial charge is 0.136 e. The molecule has 1 saturated carbocycles. The highest BCUT2D eigenvalue weighted by molar-refractivity contribution is 5.45. The van der Waals surface area contributed by atoms with Gasteiger partial charge in [0.15, 0.2) is 0 Å². The highest BCUT2D eigenvalue weighted by Crippen LogP contribution is 2.32. The highest BCUT2D eigenvalue weighted by atomic mass is 16.5. The van der Waals surface area contributed by atoms with E-state index < -0.39 is 0 Å². The second kappa shape index (κ2) is 6.93. The van der Waals surface area contributed by atoms with E-state index in [1.807, 2.05) is 18.2 Å². The molecule has 2 N–H and O–H groups in total. The maximum absolute atomic E-state index is 9.75. The third kappa shape index (κ3) is 3.75. The Morgan fingerprint density at radius 3 is 2.71 bits per heavy atom. The molecule has 1 aromatic rings. The molecule has 0 aromatic heterocycles. The summed E-state index contributed by atoms with van der Waals surface area (Å²) in [6.07, 6.45) is 4.32. The normalized spacial score (nSPS) is 25.3. The second-order valence-corrected chi connectivity index (χ2v) is 6.12. The summed E-state index contributed by atoms with van der Waals surface area (Å²) in [5.74, 6) is 1.35. The largest absolute Gasteiger partial charge is 0.495 e. The SMILES string of the molecule is COc1ccc(CNC2(CO)CCC(C)CC2)cc1C#N. The zero-order valence-corrected chi connectivity index (χ0v) is 12.9. The lowest BCUT2D eigenvalue weighted by molar-refractivity contribution is 0.104. The van der Waals surface area contributed by atoms with Crippen LogP contribution in [0.2, 0.25) is 0 Å². The van der Waals surface area contributed by atoms with Crippen LogP contribution in [-0.4, -0.2) is 24.4 Å². The van der Waals surface area contributed by atoms with Gasteiger partial charge in [0.2, 0.25) is 0 Å². The van der Waals surface area contributed by atoms with Gasteiger partial charge in [0, 0.05) is 12.1 Å². The van der Waals surface area contributed by atoms with Crippen molar-refractivity contribution in [2.24, 2.45) is 5.92 Å². The van der Waals surface area contributed by atoms with E-state index in [4.69, 9.17) is 10.00 Å². The monoisotopic (exact) mass is 288 g/mol. The molecule has 1 aromatic carbocycles. The van der Waals surface area contributed by atoms with Crippen molar-refractivity contribution in [1.82, 2.24) is 5.32 Å². The molecule has 0 radical (unpaired) electrons. The summed E-state index contributed by atoms with van der Waals surface area (Å²) in [5.41, 5.74) is 1.42. The zero-order valence-electron chi connectivity index (χ0n) is 12.9. The van der Waals surface area contributed by atoms with Gasteiger partial charge in [-0.15, -0.1) is 0 Å². The number of rotatable bonds is 5. The molecule has 1 fully saturated rings. The number of hydrogen-bond donors (Lipinski definition) is 2. The van der Waals surface area contributed by atoms with Crippen LogP contribution in [0.4, 0.5) is 0 Å². The van der Waals surface area contributed by atoms with Gasteiger partial charge < -0.3 is 15.2 Å². The molecule has 1 aliphatic carbocycles. The minimum atomic E-state index is -0.167. The van der Waals surface area contributed by atoms with Crippen LogP contribution in [0.3, 0.4) is 0 Å². The van der Waals surface area contributed by atoms with Gasteiger partial charge in [-0.2, -0.15) is 5.26 Å². The van der Waals surface area contributed by atoms with Gasteiger partial charge in [0.1, 0.15) is 11.8 Å². The van der Waals surface area contributed by atoms with Crippen molar-refractivity contribution in [2.45, 2.75) is 44.7 Å². The van der Waals surface area contributed by atoms with Gasteiger partial charge in [0.05, 0.1) is 19.3 Å². The van der Waals surface area contributed by atoms with Crippen LogP contribution >= 0.6 is 0 Å². The van der Waals surface area contributed by atoms with Gasteiger partial charge in [-0.1, -0.05) is 13.0 Å². The topological polar surface area (TPSA) is 65.3 Å². The summed E-state index contributed by atoms with van der Waals surface area (Å²) < 4.78 is 5.16. The number of nitrogens with one attached hydrogen (secondary N) is 1. The Morgan fingerprint density at radius 2 is 2.14 bits per heavy atom. The molecule has 4 heteroatoms. The third-order valence-electron chi connectivity index (χ3n) is 4.59. The molecule has 21 heavy (non-hydrogen) atoms. The molecule has 0 aliphatic heterocycles. The number of nitriles is 1. The Kier molecular flexibility index (Phi) is 5.22. The van der Waals surface area contributed by atoms with Crippen LogP contribution in [0.1, 0.15) is 43.7 Å². The number of nitrogens with zero attached hydrogens (tertiary/aromatic N) is 1. The minimum absolute atomic E-state index is 0.167. The van der Waals surface area contributed by atoms with Gasteiger partial charge in [-0.05, 0) is 49.3 Å². The molecule has 0 spiro atoms. The molecule has 0 saturated heterocycles. The Hall–Kier alpha value is -1.57. The van der Waals surface area contributed by atoms with Crippen molar-refractivity contribution < 1.29 is 9.84 Å². The quantitative estimate of drug-likeness (QED) is 0.874. The first-order valence-corrected chi connectivity index (χ1v) is 7.55. The number of aliphatic hydroxyl groups excluding tert-OH is 1. The van der Waals surface area contributed by atoms with E-state index in [9.17, 15) is 5.11 Å². The molecular weight excluding hydrogens is 264 g/mol. The van der Waals surface area contributed by atoms with Crippen molar-refractivity contribution >= 4 is 0 Å². The van der Waals surface area contributed by atoms with Crippen LogP contribution < -0.4 is 10.1 Å². The minimum Gasteiger partial charge on any atom is -0.495 e. The van der Waals surface area contributed by atoms with Crippen LogP contribution in [0.25, 0.3) is 0 Å². The van der Waals surface area contributed by atoms with Crippen molar-refractivity contribution in [1.29, 1.82) is 5.26 Å². The van der Waals surface area contributed by atoms with Gasteiger partial charge >= 0.3 is 0 Å². The number of hydrogen-bond acceptors (Lipinski definition) is 4.